The van der Waals surface area contributed by atoms with E-state index in [0.717, 1.165) is 0 Å². The number of benzene rings is 1. The maximum Gasteiger partial charge on any atom is 0.311 e. The van der Waals surface area contributed by atoms with E-state index in [2.05, 4.69) is 15.9 Å². The monoisotopic (exact) mass is 290 g/mol. The van der Waals surface area contributed by atoms with Crippen molar-refractivity contribution in [2.75, 3.05) is 0 Å². The predicted octanol–water partition coefficient (Wildman–Crippen LogP) is 2.81. The summed E-state index contributed by atoms with van der Waals surface area (Å²) in [7, 11) is 0. The fourth-order valence-corrected chi connectivity index (χ4v) is 1.01. The first-order valence-electron chi connectivity index (χ1n) is 4.53. The van der Waals surface area contributed by atoms with Gasteiger partial charge in [0, 0.05) is 11.6 Å². The molecule has 0 saturated carbocycles. The Kier molecular flexibility index (Phi) is 5.40. The lowest BCUT2D eigenvalue weighted by Crippen LogP contribution is -2.26. The van der Waals surface area contributed by atoms with Crippen molar-refractivity contribution in [3.63, 3.8) is 0 Å². The van der Waals surface area contributed by atoms with Crippen LogP contribution in [0.4, 0.5) is 5.69 Å². The minimum Gasteiger partial charge on any atom is -0.501 e. The second kappa shape index (κ2) is 5.81. The summed E-state index contributed by atoms with van der Waals surface area (Å²) < 4.78 is 0.326. The Labute approximate surface area is 103 Å². The van der Waals surface area contributed by atoms with Crippen molar-refractivity contribution in [2.24, 2.45) is 5.73 Å². The molecule has 0 heterocycles. The van der Waals surface area contributed by atoms with Gasteiger partial charge in [-0.05, 0) is 42.8 Å². The van der Waals surface area contributed by atoms with Gasteiger partial charge in [-0.1, -0.05) is 6.07 Å². The highest BCUT2D eigenvalue weighted by atomic mass is 79.9. The van der Waals surface area contributed by atoms with Gasteiger partial charge in [0.2, 0.25) is 5.75 Å². The van der Waals surface area contributed by atoms with E-state index in [9.17, 15) is 10.1 Å². The molecule has 16 heavy (non-hydrogen) atoms. The number of hydrogen-bond donors (Lipinski definition) is 2. The number of aromatic hydroxyl groups is 1. The smallest absolute Gasteiger partial charge is 0.311 e. The largest absolute Gasteiger partial charge is 0.501 e. The molecular weight excluding hydrogens is 276 g/mol. The van der Waals surface area contributed by atoms with Crippen LogP contribution < -0.4 is 5.73 Å². The van der Waals surface area contributed by atoms with Gasteiger partial charge in [0.1, 0.15) is 0 Å². The van der Waals surface area contributed by atoms with Crippen LogP contribution in [0.1, 0.15) is 20.8 Å². The van der Waals surface area contributed by atoms with Gasteiger partial charge in [-0.3, -0.25) is 10.1 Å². The Hall–Kier alpha value is -1.14. The molecule has 1 aromatic carbocycles. The first-order valence-corrected chi connectivity index (χ1v) is 5.33. The molecule has 90 valence electrons. The number of halogens is 1. The molecule has 5 nitrogen and oxygen atoms in total. The Bertz CT molecular complexity index is 369. The number of phenolic OH excluding ortho intramolecular Hbond substituents is 1. The molecule has 0 radical (unpaired) electrons. The molecular formula is C10H15BrN2O3. The van der Waals surface area contributed by atoms with Crippen LogP contribution in [0.5, 0.6) is 5.75 Å². The summed E-state index contributed by atoms with van der Waals surface area (Å²) in [5, 5.41) is 19.3. The molecule has 1 rings (SSSR count). The third kappa shape index (κ3) is 6.36. The average molecular weight is 291 g/mol. The van der Waals surface area contributed by atoms with Gasteiger partial charge in [0.15, 0.2) is 0 Å². The van der Waals surface area contributed by atoms with Crippen LogP contribution >= 0.6 is 15.9 Å². The van der Waals surface area contributed by atoms with Crippen molar-refractivity contribution in [1.29, 1.82) is 0 Å². The Morgan fingerprint density at radius 1 is 1.44 bits per heavy atom. The zero-order chi connectivity index (χ0) is 12.9. The Morgan fingerprint density at radius 3 is 2.19 bits per heavy atom. The van der Waals surface area contributed by atoms with Crippen LogP contribution in [0, 0.1) is 10.1 Å². The molecule has 0 bridgehead atoms. The van der Waals surface area contributed by atoms with E-state index in [-0.39, 0.29) is 17.0 Å². The zero-order valence-electron chi connectivity index (χ0n) is 9.40. The SMILES string of the molecule is CC(C)(C)N.O=[N+]([O-])c1cccc(Br)c1O. The Balaban J connectivity index is 0.000000385. The van der Waals surface area contributed by atoms with Crippen molar-refractivity contribution >= 4 is 21.6 Å². The molecule has 0 spiro atoms. The highest BCUT2D eigenvalue weighted by Crippen LogP contribution is 2.32. The van der Waals surface area contributed by atoms with E-state index >= 15 is 0 Å². The molecule has 3 N–H and O–H groups in total. The molecule has 0 amide bonds. The van der Waals surface area contributed by atoms with Crippen LogP contribution in [0.3, 0.4) is 0 Å². The van der Waals surface area contributed by atoms with E-state index in [0.29, 0.717) is 4.47 Å². The van der Waals surface area contributed by atoms with Gasteiger partial charge < -0.3 is 10.8 Å². The van der Waals surface area contributed by atoms with Crippen molar-refractivity contribution in [1.82, 2.24) is 0 Å². The maximum atomic E-state index is 10.2. The minimum absolute atomic E-state index is 0. The lowest BCUT2D eigenvalue weighted by molar-refractivity contribution is -0.385. The number of nitrogens with two attached hydrogens (primary N) is 1. The standard InChI is InChI=1S/C6H4BrNO3.C4H11N/c7-4-2-1-3-5(6(4)9)8(10)11;1-4(2,3)5/h1-3,9H;5H2,1-3H3. The summed E-state index contributed by atoms with van der Waals surface area (Å²) in [5.74, 6) is -0.336. The fraction of sp³-hybridized carbons (Fsp3) is 0.400. The van der Waals surface area contributed by atoms with Crippen LogP contribution in [0.15, 0.2) is 22.7 Å². The number of rotatable bonds is 1. The highest BCUT2D eigenvalue weighted by Gasteiger charge is 2.13. The second-order valence-corrected chi connectivity index (χ2v) is 5.09. The molecule has 0 aliphatic carbocycles. The topological polar surface area (TPSA) is 89.4 Å². The fourth-order valence-electron chi connectivity index (χ4n) is 0.651. The van der Waals surface area contributed by atoms with E-state index in [4.69, 9.17) is 10.8 Å². The molecule has 0 aliphatic heterocycles. The molecule has 0 saturated heterocycles. The predicted molar refractivity (Wildman–Crippen MR) is 66.4 cm³/mol. The molecule has 6 heteroatoms. The van der Waals surface area contributed by atoms with Crippen LogP contribution in [-0.2, 0) is 0 Å². The van der Waals surface area contributed by atoms with Crippen molar-refractivity contribution in [2.45, 2.75) is 26.3 Å². The summed E-state index contributed by atoms with van der Waals surface area (Å²) in [4.78, 5) is 9.56. The van der Waals surface area contributed by atoms with Crippen molar-refractivity contribution < 1.29 is 10.0 Å². The second-order valence-electron chi connectivity index (χ2n) is 4.23. The summed E-state index contributed by atoms with van der Waals surface area (Å²) in [5.41, 5.74) is 5.06. The molecule has 0 fully saturated rings. The summed E-state index contributed by atoms with van der Waals surface area (Å²) in [6.07, 6.45) is 0. The van der Waals surface area contributed by atoms with Gasteiger partial charge >= 0.3 is 5.69 Å². The zero-order valence-corrected chi connectivity index (χ0v) is 11.0. The van der Waals surface area contributed by atoms with Crippen molar-refractivity contribution in [3.8, 4) is 5.75 Å². The summed E-state index contributed by atoms with van der Waals surface area (Å²) in [6, 6.07) is 4.25. The van der Waals surface area contributed by atoms with Crippen molar-refractivity contribution in [3.05, 3.63) is 32.8 Å². The maximum absolute atomic E-state index is 10.2. The molecule has 0 aromatic heterocycles. The van der Waals surface area contributed by atoms with E-state index < -0.39 is 4.92 Å². The average Bonchev–Trinajstić information content (AvgIpc) is 2.06. The van der Waals surface area contributed by atoms with Gasteiger partial charge in [0.05, 0.1) is 9.40 Å². The lowest BCUT2D eigenvalue weighted by Gasteiger charge is -2.06. The van der Waals surface area contributed by atoms with Gasteiger partial charge in [-0.25, -0.2) is 0 Å². The van der Waals surface area contributed by atoms with E-state index in [1.54, 1.807) is 0 Å². The number of phenols is 1. The van der Waals surface area contributed by atoms with E-state index in [1.807, 2.05) is 20.8 Å². The Morgan fingerprint density at radius 2 is 1.88 bits per heavy atom. The summed E-state index contributed by atoms with van der Waals surface area (Å²) >= 11 is 2.96. The van der Waals surface area contributed by atoms with Gasteiger partial charge in [0.25, 0.3) is 0 Å². The van der Waals surface area contributed by atoms with Crippen LogP contribution in [-0.4, -0.2) is 15.6 Å². The normalized spacial score (nSPS) is 10.3. The molecule has 0 atom stereocenters. The first-order chi connectivity index (χ1) is 7.13. The first kappa shape index (κ1) is 14.9. The van der Waals surface area contributed by atoms with Gasteiger partial charge in [-0.2, -0.15) is 0 Å². The quantitative estimate of drug-likeness (QED) is 0.615. The van der Waals surface area contributed by atoms with Gasteiger partial charge in [-0.15, -0.1) is 0 Å². The molecule has 0 unspecified atom stereocenters. The third-order valence-electron chi connectivity index (χ3n) is 1.16. The summed E-state index contributed by atoms with van der Waals surface area (Å²) in [6.45, 7) is 5.90. The number of nitro groups is 1. The van der Waals surface area contributed by atoms with Crippen LogP contribution in [0.2, 0.25) is 0 Å². The number of nitro benzene ring substituents is 1. The highest BCUT2D eigenvalue weighted by molar-refractivity contribution is 9.10. The lowest BCUT2D eigenvalue weighted by atomic mass is 10.1. The third-order valence-corrected chi connectivity index (χ3v) is 1.80. The van der Waals surface area contributed by atoms with E-state index in [1.165, 1.54) is 18.2 Å². The number of para-hydroxylation sites is 1. The molecule has 0 aliphatic rings. The number of nitrogens with zero attached hydrogens (tertiary/aromatic N) is 1. The number of hydrogen-bond acceptors (Lipinski definition) is 4. The minimum atomic E-state index is -0.639. The van der Waals surface area contributed by atoms with Crippen LogP contribution in [0.25, 0.3) is 0 Å². The molecule has 1 aromatic rings.